The molecule has 0 atom stereocenters. The number of hydrogen-bond acceptors (Lipinski definition) is 6. The van der Waals surface area contributed by atoms with Crippen molar-refractivity contribution in [3.05, 3.63) is 48.4 Å². The molecule has 3 heterocycles. The van der Waals surface area contributed by atoms with E-state index in [-0.39, 0.29) is 11.6 Å². The largest absolute Gasteiger partial charge is 0.354 e. The van der Waals surface area contributed by atoms with E-state index >= 15 is 0 Å². The Morgan fingerprint density at radius 1 is 1.08 bits per heavy atom. The van der Waals surface area contributed by atoms with Crippen molar-refractivity contribution in [1.29, 1.82) is 0 Å². The zero-order chi connectivity index (χ0) is 16.4. The number of pyridine rings is 1. The minimum atomic E-state index is -0.378. The fourth-order valence-corrected chi connectivity index (χ4v) is 2.69. The molecule has 4 rings (SSSR count). The number of nitrogens with one attached hydrogen (secondary N) is 1. The maximum Gasteiger partial charge on any atom is 0.259 e. The van der Waals surface area contributed by atoms with E-state index in [0.717, 1.165) is 32.0 Å². The zero-order valence-corrected chi connectivity index (χ0v) is 12.9. The Morgan fingerprint density at radius 2 is 1.92 bits per heavy atom. The summed E-state index contributed by atoms with van der Waals surface area (Å²) in [4.78, 5) is 11.0. The van der Waals surface area contributed by atoms with Crippen molar-refractivity contribution < 1.29 is 8.91 Å². The Bertz CT molecular complexity index is 827. The number of anilines is 1. The van der Waals surface area contributed by atoms with Gasteiger partial charge in [-0.05, 0) is 24.3 Å². The molecular weight excluding hydrogens is 309 g/mol. The van der Waals surface area contributed by atoms with Crippen molar-refractivity contribution >= 4 is 5.82 Å². The molecule has 0 unspecified atom stereocenters. The van der Waals surface area contributed by atoms with Gasteiger partial charge in [-0.1, -0.05) is 17.3 Å². The molecule has 0 amide bonds. The third kappa shape index (κ3) is 2.85. The average Bonchev–Trinajstić information content (AvgIpc) is 3.13. The lowest BCUT2D eigenvalue weighted by Gasteiger charge is -2.28. The summed E-state index contributed by atoms with van der Waals surface area (Å²) in [6.45, 7) is 3.78. The fourth-order valence-electron chi connectivity index (χ4n) is 2.69. The highest BCUT2D eigenvalue weighted by Crippen LogP contribution is 2.24. The number of hydrogen-bond donors (Lipinski definition) is 1. The first-order valence-electron chi connectivity index (χ1n) is 7.82. The Kier molecular flexibility index (Phi) is 3.92. The van der Waals surface area contributed by atoms with Crippen LogP contribution < -0.4 is 10.2 Å². The maximum absolute atomic E-state index is 13.8. The zero-order valence-electron chi connectivity index (χ0n) is 12.9. The van der Waals surface area contributed by atoms with Crippen LogP contribution in [0.2, 0.25) is 0 Å². The highest BCUT2D eigenvalue weighted by molar-refractivity contribution is 5.60. The second-order valence-electron chi connectivity index (χ2n) is 5.55. The number of aromatic nitrogens is 3. The molecule has 24 heavy (non-hydrogen) atoms. The van der Waals surface area contributed by atoms with Gasteiger partial charge in [0.1, 0.15) is 11.6 Å². The van der Waals surface area contributed by atoms with Crippen LogP contribution in [0.3, 0.4) is 0 Å². The van der Waals surface area contributed by atoms with E-state index in [1.54, 1.807) is 24.4 Å². The van der Waals surface area contributed by atoms with Gasteiger partial charge in [-0.25, -0.2) is 9.37 Å². The molecule has 2 aromatic heterocycles. The monoisotopic (exact) mass is 325 g/mol. The smallest absolute Gasteiger partial charge is 0.259 e. The Morgan fingerprint density at radius 3 is 2.67 bits per heavy atom. The molecule has 0 bridgehead atoms. The Balaban J connectivity index is 1.57. The summed E-state index contributed by atoms with van der Waals surface area (Å²) in [5.41, 5.74) is 1.03. The van der Waals surface area contributed by atoms with E-state index in [0.29, 0.717) is 17.0 Å². The van der Waals surface area contributed by atoms with Crippen LogP contribution in [0.15, 0.2) is 47.1 Å². The van der Waals surface area contributed by atoms with Crippen LogP contribution in [0.4, 0.5) is 10.2 Å². The van der Waals surface area contributed by atoms with Crippen molar-refractivity contribution in [3.8, 4) is 22.8 Å². The summed E-state index contributed by atoms with van der Waals surface area (Å²) in [6.07, 6.45) is 1.70. The SMILES string of the molecule is Fc1ccccc1-c1noc(-c2ccc(N3CCNCC3)nc2)n1. The summed E-state index contributed by atoms with van der Waals surface area (Å²) in [6, 6.07) is 10.2. The van der Waals surface area contributed by atoms with Crippen molar-refractivity contribution in [2.24, 2.45) is 0 Å². The van der Waals surface area contributed by atoms with Crippen LogP contribution in [0.5, 0.6) is 0 Å². The molecule has 0 aliphatic carbocycles. The van der Waals surface area contributed by atoms with E-state index in [2.05, 4.69) is 25.3 Å². The Hall–Kier alpha value is -2.80. The predicted octanol–water partition coefficient (Wildman–Crippen LogP) is 2.35. The van der Waals surface area contributed by atoms with Crippen molar-refractivity contribution in [1.82, 2.24) is 20.4 Å². The van der Waals surface area contributed by atoms with Gasteiger partial charge in [-0.2, -0.15) is 4.98 Å². The number of piperazine rings is 1. The molecule has 1 saturated heterocycles. The first kappa shape index (κ1) is 14.8. The fraction of sp³-hybridized carbons (Fsp3) is 0.235. The molecule has 7 heteroatoms. The summed E-state index contributed by atoms with van der Waals surface area (Å²) in [7, 11) is 0. The highest BCUT2D eigenvalue weighted by Gasteiger charge is 2.15. The molecule has 1 N–H and O–H groups in total. The van der Waals surface area contributed by atoms with E-state index < -0.39 is 0 Å². The summed E-state index contributed by atoms with van der Waals surface area (Å²) < 4.78 is 19.1. The van der Waals surface area contributed by atoms with E-state index in [4.69, 9.17) is 4.52 Å². The minimum Gasteiger partial charge on any atom is -0.354 e. The highest BCUT2D eigenvalue weighted by atomic mass is 19.1. The number of rotatable bonds is 3. The third-order valence-corrected chi connectivity index (χ3v) is 3.98. The lowest BCUT2D eigenvalue weighted by Crippen LogP contribution is -2.43. The van der Waals surface area contributed by atoms with E-state index in [1.165, 1.54) is 6.07 Å². The molecule has 6 nitrogen and oxygen atoms in total. The van der Waals surface area contributed by atoms with Gasteiger partial charge in [-0.15, -0.1) is 0 Å². The van der Waals surface area contributed by atoms with Crippen LogP contribution in [-0.2, 0) is 0 Å². The summed E-state index contributed by atoms with van der Waals surface area (Å²) in [5.74, 6) is 1.10. The van der Waals surface area contributed by atoms with Crippen LogP contribution >= 0.6 is 0 Å². The second kappa shape index (κ2) is 6.37. The molecular formula is C17H16FN5O. The first-order chi connectivity index (χ1) is 11.8. The molecule has 3 aromatic rings. The topological polar surface area (TPSA) is 67.1 Å². The molecule has 0 radical (unpaired) electrons. The summed E-state index contributed by atoms with van der Waals surface area (Å²) in [5, 5.41) is 7.17. The molecule has 1 aliphatic heterocycles. The molecule has 122 valence electrons. The van der Waals surface area contributed by atoms with Gasteiger partial charge in [0.15, 0.2) is 0 Å². The average molecular weight is 325 g/mol. The van der Waals surface area contributed by atoms with Gasteiger partial charge in [0.2, 0.25) is 5.82 Å². The number of halogens is 1. The van der Waals surface area contributed by atoms with E-state index in [1.807, 2.05) is 12.1 Å². The molecule has 1 fully saturated rings. The normalized spacial score (nSPS) is 14.8. The van der Waals surface area contributed by atoms with Crippen molar-refractivity contribution in [2.45, 2.75) is 0 Å². The van der Waals surface area contributed by atoms with E-state index in [9.17, 15) is 4.39 Å². The quantitative estimate of drug-likeness (QED) is 0.797. The molecule has 0 spiro atoms. The third-order valence-electron chi connectivity index (χ3n) is 3.98. The maximum atomic E-state index is 13.8. The number of nitrogens with zero attached hydrogens (tertiary/aromatic N) is 4. The van der Waals surface area contributed by atoms with Gasteiger partial charge >= 0.3 is 0 Å². The van der Waals surface area contributed by atoms with Crippen LogP contribution in [-0.4, -0.2) is 41.3 Å². The van der Waals surface area contributed by atoms with Crippen LogP contribution in [0.1, 0.15) is 0 Å². The van der Waals surface area contributed by atoms with Gasteiger partial charge in [0.25, 0.3) is 5.89 Å². The number of benzene rings is 1. The molecule has 1 aliphatic rings. The van der Waals surface area contributed by atoms with Gasteiger partial charge in [-0.3, -0.25) is 0 Å². The second-order valence-corrected chi connectivity index (χ2v) is 5.55. The molecule has 0 saturated carbocycles. The predicted molar refractivity (Wildman–Crippen MR) is 88.0 cm³/mol. The minimum absolute atomic E-state index is 0.231. The van der Waals surface area contributed by atoms with Crippen molar-refractivity contribution in [3.63, 3.8) is 0 Å². The Labute approximate surface area is 138 Å². The standard InChI is InChI=1S/C17H16FN5O/c18-14-4-2-1-3-13(14)16-21-17(24-22-16)12-5-6-15(20-11-12)23-9-7-19-8-10-23/h1-6,11,19H,7-10H2. The van der Waals surface area contributed by atoms with Crippen LogP contribution in [0.25, 0.3) is 22.8 Å². The van der Waals surface area contributed by atoms with Gasteiger partial charge in [0, 0.05) is 32.4 Å². The van der Waals surface area contributed by atoms with Gasteiger partial charge in [0.05, 0.1) is 11.1 Å². The first-order valence-corrected chi connectivity index (χ1v) is 7.82. The lowest BCUT2D eigenvalue weighted by atomic mass is 10.2. The van der Waals surface area contributed by atoms with Gasteiger partial charge < -0.3 is 14.7 Å². The summed E-state index contributed by atoms with van der Waals surface area (Å²) >= 11 is 0. The lowest BCUT2D eigenvalue weighted by molar-refractivity contribution is 0.431. The molecule has 1 aromatic carbocycles. The van der Waals surface area contributed by atoms with Crippen molar-refractivity contribution in [2.75, 3.05) is 31.1 Å². The van der Waals surface area contributed by atoms with Crippen LogP contribution in [0, 0.1) is 5.82 Å².